The Kier molecular flexibility index (Phi) is 8.04. The molecule has 1 aromatic heterocycles. The maximum Gasteiger partial charge on any atom is 0.156 e. The van der Waals surface area contributed by atoms with E-state index in [9.17, 15) is 5.11 Å². The standard InChI is InChI=1S/C19H26ClN5O.C2H6/c1-12(2)15(7-14(4)26)9-24-10-16-17(11-24)19(23-22-18(16)20)25-6-5-21-8-13(25)3;1-2/h7,13,21,26H,1,4-6,8-11H2,2-3H3;1-2H3/b15-7-;. The molecule has 6 nitrogen and oxygen atoms in total. The van der Waals surface area contributed by atoms with Gasteiger partial charge < -0.3 is 15.3 Å². The molecular formula is C21H32ClN5O. The van der Waals surface area contributed by atoms with Crippen LogP contribution >= 0.6 is 11.6 Å². The van der Waals surface area contributed by atoms with E-state index in [-0.39, 0.29) is 5.76 Å². The molecule has 1 unspecified atom stereocenters. The molecule has 0 spiro atoms. The highest BCUT2D eigenvalue weighted by molar-refractivity contribution is 6.30. The molecule has 3 heterocycles. The van der Waals surface area contributed by atoms with Crippen molar-refractivity contribution in [3.63, 3.8) is 0 Å². The molecular weight excluding hydrogens is 374 g/mol. The lowest BCUT2D eigenvalue weighted by molar-refractivity contribution is 0.310. The summed E-state index contributed by atoms with van der Waals surface area (Å²) in [5, 5.41) is 22.0. The van der Waals surface area contributed by atoms with Crippen molar-refractivity contribution in [3.8, 4) is 0 Å². The van der Waals surface area contributed by atoms with Crippen molar-refractivity contribution < 1.29 is 5.11 Å². The number of fused-ring (bicyclic) bond motifs is 1. The molecule has 1 fully saturated rings. The lowest BCUT2D eigenvalue weighted by Gasteiger charge is -2.35. The molecule has 154 valence electrons. The number of piperazine rings is 1. The fourth-order valence-corrected chi connectivity index (χ4v) is 3.76. The predicted molar refractivity (Wildman–Crippen MR) is 117 cm³/mol. The summed E-state index contributed by atoms with van der Waals surface area (Å²) >= 11 is 6.35. The van der Waals surface area contributed by atoms with Gasteiger partial charge in [-0.1, -0.05) is 44.2 Å². The van der Waals surface area contributed by atoms with Crippen molar-refractivity contribution in [2.45, 2.75) is 46.8 Å². The van der Waals surface area contributed by atoms with Crippen molar-refractivity contribution in [2.24, 2.45) is 0 Å². The maximum absolute atomic E-state index is 9.52. The first kappa shape index (κ1) is 22.4. The smallest absolute Gasteiger partial charge is 0.156 e. The van der Waals surface area contributed by atoms with Gasteiger partial charge in [-0.25, -0.2) is 0 Å². The summed E-state index contributed by atoms with van der Waals surface area (Å²) < 4.78 is 0. The van der Waals surface area contributed by atoms with Crippen LogP contribution in [0.1, 0.15) is 38.8 Å². The maximum atomic E-state index is 9.52. The second-order valence-corrected chi connectivity index (χ2v) is 7.46. The van der Waals surface area contributed by atoms with Gasteiger partial charge in [-0.2, -0.15) is 0 Å². The Morgan fingerprint density at radius 3 is 2.57 bits per heavy atom. The van der Waals surface area contributed by atoms with Crippen LogP contribution in [-0.4, -0.2) is 52.4 Å². The number of rotatable bonds is 5. The molecule has 0 saturated carbocycles. The van der Waals surface area contributed by atoms with Gasteiger partial charge in [0.05, 0.1) is 0 Å². The minimum atomic E-state index is 0.0383. The molecule has 0 amide bonds. The molecule has 7 heteroatoms. The molecule has 1 atom stereocenters. The number of aromatic nitrogens is 2. The SMILES string of the molecule is C=C(O)/C=C(/CN1Cc2c(Cl)nnc(N3CCNCC3C)c2C1)C(=C)C.CC. The summed E-state index contributed by atoms with van der Waals surface area (Å²) in [6.45, 7) is 20.6. The molecule has 0 radical (unpaired) electrons. The topological polar surface area (TPSA) is 64.5 Å². The van der Waals surface area contributed by atoms with Gasteiger partial charge in [0.2, 0.25) is 0 Å². The average molecular weight is 406 g/mol. The van der Waals surface area contributed by atoms with Gasteiger partial charge in [0.15, 0.2) is 11.0 Å². The van der Waals surface area contributed by atoms with Crippen molar-refractivity contribution in [1.82, 2.24) is 20.4 Å². The van der Waals surface area contributed by atoms with Crippen LogP contribution in [-0.2, 0) is 13.1 Å². The van der Waals surface area contributed by atoms with Crippen LogP contribution < -0.4 is 10.2 Å². The molecule has 0 aromatic carbocycles. The first-order valence-electron chi connectivity index (χ1n) is 9.84. The molecule has 28 heavy (non-hydrogen) atoms. The fourth-order valence-electron chi connectivity index (χ4n) is 3.55. The Labute approximate surface area is 173 Å². The highest BCUT2D eigenvalue weighted by atomic mass is 35.5. The van der Waals surface area contributed by atoms with Gasteiger partial charge in [-0.15, -0.1) is 10.2 Å². The Hall–Kier alpha value is -1.89. The van der Waals surface area contributed by atoms with E-state index in [1.54, 1.807) is 6.08 Å². The summed E-state index contributed by atoms with van der Waals surface area (Å²) in [5.41, 5.74) is 4.07. The third-order valence-electron chi connectivity index (χ3n) is 4.94. The zero-order valence-corrected chi connectivity index (χ0v) is 18.2. The van der Waals surface area contributed by atoms with Crippen LogP contribution in [0.15, 0.2) is 36.1 Å². The normalized spacial score (nSPS) is 19.7. The molecule has 1 saturated heterocycles. The van der Waals surface area contributed by atoms with Crippen LogP contribution in [0.2, 0.25) is 5.15 Å². The Morgan fingerprint density at radius 2 is 1.96 bits per heavy atom. The van der Waals surface area contributed by atoms with Crippen LogP contribution in [0.5, 0.6) is 0 Å². The Balaban J connectivity index is 0.00000136. The number of aliphatic hydroxyl groups excluding tert-OH is 1. The van der Waals surface area contributed by atoms with Crippen LogP contribution in [0, 0.1) is 0 Å². The number of hydrogen-bond acceptors (Lipinski definition) is 6. The number of nitrogens with one attached hydrogen (secondary N) is 1. The fraction of sp³-hybridized carbons (Fsp3) is 0.524. The number of allylic oxidation sites excluding steroid dienone is 1. The Morgan fingerprint density at radius 1 is 1.29 bits per heavy atom. The lowest BCUT2D eigenvalue weighted by Crippen LogP contribution is -2.50. The van der Waals surface area contributed by atoms with Crippen LogP contribution in [0.25, 0.3) is 0 Å². The first-order valence-corrected chi connectivity index (χ1v) is 10.2. The van der Waals surface area contributed by atoms with Crippen molar-refractivity contribution in [3.05, 3.63) is 52.4 Å². The van der Waals surface area contributed by atoms with E-state index in [4.69, 9.17) is 11.6 Å². The predicted octanol–water partition coefficient (Wildman–Crippen LogP) is 3.84. The van der Waals surface area contributed by atoms with Gasteiger partial charge in [-0.3, -0.25) is 4.90 Å². The van der Waals surface area contributed by atoms with Gasteiger partial charge in [-0.05, 0) is 25.5 Å². The van der Waals surface area contributed by atoms with E-state index in [1.165, 1.54) is 0 Å². The largest absolute Gasteiger partial charge is 0.509 e. The van der Waals surface area contributed by atoms with Crippen LogP contribution in [0.3, 0.4) is 0 Å². The number of aliphatic hydroxyl groups is 1. The minimum absolute atomic E-state index is 0.0383. The monoisotopic (exact) mass is 405 g/mol. The number of nitrogens with zero attached hydrogens (tertiary/aromatic N) is 4. The van der Waals surface area contributed by atoms with Gasteiger partial charge in [0, 0.05) is 56.4 Å². The van der Waals surface area contributed by atoms with Crippen molar-refractivity contribution in [2.75, 3.05) is 31.1 Å². The van der Waals surface area contributed by atoms with Crippen molar-refractivity contribution in [1.29, 1.82) is 0 Å². The molecule has 3 rings (SSSR count). The summed E-state index contributed by atoms with van der Waals surface area (Å²) in [4.78, 5) is 4.58. The second-order valence-electron chi connectivity index (χ2n) is 7.10. The summed E-state index contributed by atoms with van der Waals surface area (Å²) in [6, 6.07) is 0.362. The Bertz CT molecular complexity index is 761. The third-order valence-corrected chi connectivity index (χ3v) is 5.24. The second kappa shape index (κ2) is 10.0. The number of hydrogen-bond donors (Lipinski definition) is 2. The van der Waals surface area contributed by atoms with Gasteiger partial charge in [0.1, 0.15) is 5.76 Å². The molecule has 0 aliphatic carbocycles. The quantitative estimate of drug-likeness (QED) is 0.573. The van der Waals surface area contributed by atoms with E-state index in [1.807, 2.05) is 20.8 Å². The molecule has 1 aromatic rings. The van der Waals surface area contributed by atoms with Gasteiger partial charge >= 0.3 is 0 Å². The van der Waals surface area contributed by atoms with E-state index in [0.29, 0.717) is 24.3 Å². The van der Waals surface area contributed by atoms with E-state index < -0.39 is 0 Å². The number of anilines is 1. The van der Waals surface area contributed by atoms with E-state index in [0.717, 1.165) is 54.3 Å². The highest BCUT2D eigenvalue weighted by Gasteiger charge is 2.31. The summed E-state index contributed by atoms with van der Waals surface area (Å²) in [6.07, 6.45) is 1.67. The molecule has 2 aliphatic heterocycles. The van der Waals surface area contributed by atoms with E-state index >= 15 is 0 Å². The zero-order valence-electron chi connectivity index (χ0n) is 17.4. The average Bonchev–Trinajstić information content (AvgIpc) is 3.08. The third kappa shape index (κ3) is 5.13. The summed E-state index contributed by atoms with van der Waals surface area (Å²) in [7, 11) is 0. The first-order chi connectivity index (χ1) is 13.4. The van der Waals surface area contributed by atoms with Crippen molar-refractivity contribution >= 4 is 17.4 Å². The molecule has 2 N–H and O–H groups in total. The molecule has 2 aliphatic rings. The number of halogens is 1. The highest BCUT2D eigenvalue weighted by Crippen LogP contribution is 2.35. The summed E-state index contributed by atoms with van der Waals surface area (Å²) in [5.74, 6) is 0.977. The minimum Gasteiger partial charge on any atom is -0.509 e. The van der Waals surface area contributed by atoms with Gasteiger partial charge in [0.25, 0.3) is 0 Å². The lowest BCUT2D eigenvalue weighted by atomic mass is 10.1. The van der Waals surface area contributed by atoms with Crippen LogP contribution in [0.4, 0.5) is 5.82 Å². The molecule has 0 bridgehead atoms. The van der Waals surface area contributed by atoms with E-state index in [2.05, 4.69) is 45.4 Å². The zero-order chi connectivity index (χ0) is 20.8.